The maximum absolute atomic E-state index is 13.5. The fraction of sp³-hybridized carbons (Fsp3) is 0.238. The van der Waals surface area contributed by atoms with Crippen LogP contribution in [0.5, 0.6) is 0 Å². The van der Waals surface area contributed by atoms with Crippen LogP contribution in [0.15, 0.2) is 56.1 Å². The van der Waals surface area contributed by atoms with Crippen molar-refractivity contribution in [3.05, 3.63) is 79.9 Å². The molecule has 2 aromatic carbocycles. The van der Waals surface area contributed by atoms with Crippen LogP contribution in [0.4, 0.5) is 4.39 Å². The number of likely N-dealkylation sites (N-methyl/N-ethyl adjacent to an activating group) is 1. The van der Waals surface area contributed by atoms with E-state index in [1.54, 1.807) is 35.2 Å². The second kappa shape index (κ2) is 7.14. The van der Waals surface area contributed by atoms with E-state index in [0.717, 1.165) is 4.47 Å². The summed E-state index contributed by atoms with van der Waals surface area (Å²) in [6, 6.07) is 10.4. The summed E-state index contributed by atoms with van der Waals surface area (Å²) < 4.78 is 20.1. The zero-order chi connectivity index (χ0) is 20.0. The maximum atomic E-state index is 13.5. The topological polar surface area (TPSA) is 53.8 Å². The molecule has 0 saturated heterocycles. The third-order valence-electron chi connectivity index (χ3n) is 4.90. The Bertz CT molecular complexity index is 1120. The zero-order valence-electron chi connectivity index (χ0n) is 15.4. The first-order valence-electron chi connectivity index (χ1n) is 8.84. The molecule has 1 atom stereocenters. The number of nitrogens with zero attached hydrogens (tertiary/aromatic N) is 2. The molecule has 1 unspecified atom stereocenters. The van der Waals surface area contributed by atoms with Crippen molar-refractivity contribution in [1.82, 2.24) is 9.80 Å². The largest absolute Gasteiger partial charge is 0.450 e. The van der Waals surface area contributed by atoms with Crippen LogP contribution in [0, 0.1) is 5.82 Å². The van der Waals surface area contributed by atoms with Gasteiger partial charge in [0.2, 0.25) is 5.76 Å². The Morgan fingerprint density at radius 2 is 1.86 bits per heavy atom. The van der Waals surface area contributed by atoms with Gasteiger partial charge in [-0.25, -0.2) is 4.39 Å². The van der Waals surface area contributed by atoms with Crippen molar-refractivity contribution in [2.24, 2.45) is 0 Å². The first-order valence-corrected chi connectivity index (χ1v) is 9.63. The molecular formula is C21H18BrFN2O3. The van der Waals surface area contributed by atoms with Crippen molar-refractivity contribution in [1.29, 1.82) is 0 Å². The molecule has 28 heavy (non-hydrogen) atoms. The van der Waals surface area contributed by atoms with Crippen LogP contribution in [0.25, 0.3) is 11.0 Å². The van der Waals surface area contributed by atoms with Crippen molar-refractivity contribution >= 4 is 32.8 Å². The lowest BCUT2D eigenvalue weighted by molar-refractivity contribution is 0.0716. The molecule has 0 aliphatic carbocycles. The van der Waals surface area contributed by atoms with Gasteiger partial charge in [0.15, 0.2) is 5.43 Å². The first-order chi connectivity index (χ1) is 13.4. The molecule has 7 heteroatoms. The van der Waals surface area contributed by atoms with Gasteiger partial charge in [-0.3, -0.25) is 9.59 Å². The van der Waals surface area contributed by atoms with E-state index in [4.69, 9.17) is 4.42 Å². The number of amides is 1. The van der Waals surface area contributed by atoms with E-state index in [9.17, 15) is 14.0 Å². The lowest BCUT2D eigenvalue weighted by atomic mass is 9.98. The van der Waals surface area contributed by atoms with Gasteiger partial charge in [0.05, 0.1) is 17.0 Å². The number of carbonyl (C=O) groups is 1. The zero-order valence-corrected chi connectivity index (χ0v) is 17.0. The molecular weight excluding hydrogens is 427 g/mol. The highest BCUT2D eigenvalue weighted by atomic mass is 79.9. The third kappa shape index (κ3) is 3.14. The number of fused-ring (bicyclic) bond motifs is 2. The monoisotopic (exact) mass is 444 g/mol. The molecule has 2 heterocycles. The fourth-order valence-corrected chi connectivity index (χ4v) is 3.88. The van der Waals surface area contributed by atoms with Gasteiger partial charge in [-0.1, -0.05) is 28.1 Å². The minimum absolute atomic E-state index is 0.0629. The van der Waals surface area contributed by atoms with E-state index in [-0.39, 0.29) is 22.9 Å². The Balaban J connectivity index is 1.94. The van der Waals surface area contributed by atoms with E-state index in [2.05, 4.69) is 15.9 Å². The molecule has 3 aromatic rings. The van der Waals surface area contributed by atoms with E-state index in [0.29, 0.717) is 35.2 Å². The van der Waals surface area contributed by atoms with E-state index < -0.39 is 6.04 Å². The Morgan fingerprint density at radius 1 is 1.14 bits per heavy atom. The Hall–Kier alpha value is -2.51. The van der Waals surface area contributed by atoms with Crippen LogP contribution in [-0.4, -0.2) is 42.9 Å². The Labute approximate surface area is 169 Å². The lowest BCUT2D eigenvalue weighted by Gasteiger charge is -2.26. The molecule has 0 bridgehead atoms. The summed E-state index contributed by atoms with van der Waals surface area (Å²) >= 11 is 3.37. The molecule has 0 radical (unpaired) electrons. The van der Waals surface area contributed by atoms with Gasteiger partial charge < -0.3 is 14.2 Å². The number of rotatable bonds is 4. The van der Waals surface area contributed by atoms with Crippen molar-refractivity contribution in [3.8, 4) is 0 Å². The molecule has 0 N–H and O–H groups in total. The predicted octanol–water partition coefficient (Wildman–Crippen LogP) is 3.80. The molecule has 4 rings (SSSR count). The fourth-order valence-electron chi connectivity index (χ4n) is 3.52. The van der Waals surface area contributed by atoms with Gasteiger partial charge in [-0.05, 0) is 50.0 Å². The smallest absolute Gasteiger partial charge is 0.290 e. The van der Waals surface area contributed by atoms with Crippen molar-refractivity contribution < 1.29 is 13.6 Å². The highest BCUT2D eigenvalue weighted by molar-refractivity contribution is 9.10. The summed E-state index contributed by atoms with van der Waals surface area (Å²) in [5.74, 6) is -0.636. The van der Waals surface area contributed by atoms with Gasteiger partial charge in [0.25, 0.3) is 5.91 Å². The number of carbonyl (C=O) groups excluding carboxylic acids is 1. The average molecular weight is 445 g/mol. The SMILES string of the molecule is CN(C)CCN1C(=O)c2oc3ccc(Br)cc3c(=O)c2C1c1ccc(F)cc1. The second-order valence-corrected chi connectivity index (χ2v) is 7.99. The quantitative estimate of drug-likeness (QED) is 0.613. The van der Waals surface area contributed by atoms with Gasteiger partial charge in [-0.2, -0.15) is 0 Å². The standard InChI is InChI=1S/C21H18BrFN2O3/c1-24(2)9-10-25-18(12-3-6-14(23)7-4-12)17-19(26)15-11-13(22)5-8-16(15)28-20(17)21(25)27/h3-8,11,18H,9-10H2,1-2H3. The first kappa shape index (κ1) is 18.8. The van der Waals surface area contributed by atoms with Crippen LogP contribution in [-0.2, 0) is 0 Å². The van der Waals surface area contributed by atoms with Gasteiger partial charge >= 0.3 is 0 Å². The van der Waals surface area contributed by atoms with Crippen molar-refractivity contribution in [2.45, 2.75) is 6.04 Å². The summed E-state index contributed by atoms with van der Waals surface area (Å²) in [7, 11) is 3.83. The summed E-state index contributed by atoms with van der Waals surface area (Å²) in [6.45, 7) is 1.04. The Morgan fingerprint density at radius 3 is 2.54 bits per heavy atom. The summed E-state index contributed by atoms with van der Waals surface area (Å²) in [5, 5.41) is 0.405. The minimum atomic E-state index is -0.609. The number of halogens is 2. The molecule has 0 spiro atoms. The molecule has 0 fully saturated rings. The van der Waals surface area contributed by atoms with E-state index in [1.807, 2.05) is 19.0 Å². The number of hydrogen-bond donors (Lipinski definition) is 0. The van der Waals surface area contributed by atoms with Gasteiger partial charge in [0.1, 0.15) is 11.4 Å². The highest BCUT2D eigenvalue weighted by Gasteiger charge is 2.42. The normalized spacial score (nSPS) is 16.2. The lowest BCUT2D eigenvalue weighted by Crippen LogP contribution is -2.35. The summed E-state index contributed by atoms with van der Waals surface area (Å²) in [5.41, 5.74) is 1.11. The molecule has 1 aliphatic heterocycles. The van der Waals surface area contributed by atoms with Gasteiger partial charge in [0, 0.05) is 17.6 Å². The molecule has 0 saturated carbocycles. The maximum Gasteiger partial charge on any atom is 0.290 e. The average Bonchev–Trinajstić information content (AvgIpc) is 2.94. The van der Waals surface area contributed by atoms with Crippen molar-refractivity contribution in [2.75, 3.05) is 27.2 Å². The minimum Gasteiger partial charge on any atom is -0.450 e. The van der Waals surface area contributed by atoms with Crippen LogP contribution in [0.2, 0.25) is 0 Å². The second-order valence-electron chi connectivity index (χ2n) is 7.07. The predicted molar refractivity (Wildman–Crippen MR) is 108 cm³/mol. The van der Waals surface area contributed by atoms with Crippen LogP contribution >= 0.6 is 15.9 Å². The third-order valence-corrected chi connectivity index (χ3v) is 5.39. The highest BCUT2D eigenvalue weighted by Crippen LogP contribution is 2.38. The molecule has 1 aliphatic rings. The number of benzene rings is 2. The molecule has 1 amide bonds. The van der Waals surface area contributed by atoms with Crippen LogP contribution in [0.1, 0.15) is 27.7 Å². The van der Waals surface area contributed by atoms with E-state index in [1.165, 1.54) is 12.1 Å². The number of hydrogen-bond acceptors (Lipinski definition) is 4. The van der Waals surface area contributed by atoms with Crippen LogP contribution < -0.4 is 5.43 Å². The van der Waals surface area contributed by atoms with Crippen LogP contribution in [0.3, 0.4) is 0 Å². The molecule has 1 aromatic heterocycles. The molecule has 5 nitrogen and oxygen atoms in total. The summed E-state index contributed by atoms with van der Waals surface area (Å²) in [6.07, 6.45) is 0. The summed E-state index contributed by atoms with van der Waals surface area (Å²) in [4.78, 5) is 30.0. The van der Waals surface area contributed by atoms with Crippen molar-refractivity contribution in [3.63, 3.8) is 0 Å². The van der Waals surface area contributed by atoms with Gasteiger partial charge in [-0.15, -0.1) is 0 Å². The molecule has 144 valence electrons. The Kier molecular flexibility index (Phi) is 4.81. The van der Waals surface area contributed by atoms with E-state index >= 15 is 0 Å².